The highest BCUT2D eigenvalue weighted by atomic mass is 32.1. The molecule has 1 heterocycles. The molecule has 0 fully saturated rings. The van der Waals surface area contributed by atoms with Crippen molar-refractivity contribution < 1.29 is 4.79 Å². The van der Waals surface area contributed by atoms with Crippen molar-refractivity contribution in [2.45, 2.75) is 20.8 Å². The molecule has 0 radical (unpaired) electrons. The topological polar surface area (TPSA) is 54.0 Å². The minimum Gasteiger partial charge on any atom is -0.354 e. The van der Waals surface area contributed by atoms with E-state index in [4.69, 9.17) is 0 Å². The third-order valence-corrected chi connectivity index (χ3v) is 4.06. The molecule has 0 aliphatic heterocycles. The van der Waals surface area contributed by atoms with E-state index in [0.717, 1.165) is 16.5 Å². The molecule has 100 valence electrons. The first-order chi connectivity index (χ1) is 9.01. The van der Waals surface area contributed by atoms with Crippen molar-refractivity contribution in [1.29, 1.82) is 0 Å². The predicted octanol–water partition coefficient (Wildman–Crippen LogP) is 3.17. The summed E-state index contributed by atoms with van der Waals surface area (Å²) in [6, 6.07) is 6.15. The molecule has 1 amide bonds. The van der Waals surface area contributed by atoms with Gasteiger partial charge in [0, 0.05) is 12.7 Å². The SMILES string of the molecule is CNC(=O)c1sc(Nc2ccc(C)c(C)c2)nc1C. The summed E-state index contributed by atoms with van der Waals surface area (Å²) < 4.78 is 0. The van der Waals surface area contributed by atoms with Gasteiger partial charge in [0.05, 0.1) is 5.69 Å². The molecule has 0 saturated heterocycles. The van der Waals surface area contributed by atoms with Crippen LogP contribution in [0, 0.1) is 20.8 Å². The zero-order valence-electron chi connectivity index (χ0n) is 11.5. The van der Waals surface area contributed by atoms with Crippen LogP contribution in [-0.4, -0.2) is 17.9 Å². The molecular formula is C14H17N3OS. The molecule has 0 unspecified atom stereocenters. The van der Waals surface area contributed by atoms with Gasteiger partial charge in [0.25, 0.3) is 5.91 Å². The highest BCUT2D eigenvalue weighted by Gasteiger charge is 2.13. The van der Waals surface area contributed by atoms with E-state index in [1.165, 1.54) is 22.5 Å². The van der Waals surface area contributed by atoms with Gasteiger partial charge in [0.2, 0.25) is 0 Å². The second kappa shape index (κ2) is 5.40. The number of amides is 1. The Labute approximate surface area is 116 Å². The molecule has 0 bridgehead atoms. The lowest BCUT2D eigenvalue weighted by molar-refractivity contribution is 0.0966. The highest BCUT2D eigenvalue weighted by Crippen LogP contribution is 2.26. The number of thiazole rings is 1. The Morgan fingerprint density at radius 1 is 1.21 bits per heavy atom. The van der Waals surface area contributed by atoms with Crippen LogP contribution in [0.3, 0.4) is 0 Å². The minimum atomic E-state index is -0.0943. The van der Waals surface area contributed by atoms with Crippen molar-refractivity contribution in [3.05, 3.63) is 39.9 Å². The third kappa shape index (κ3) is 2.93. The zero-order valence-corrected chi connectivity index (χ0v) is 12.3. The van der Waals surface area contributed by atoms with Crippen LogP contribution in [0.2, 0.25) is 0 Å². The first kappa shape index (κ1) is 13.5. The molecule has 0 spiro atoms. The monoisotopic (exact) mass is 275 g/mol. The average Bonchev–Trinajstić information content (AvgIpc) is 2.74. The maximum absolute atomic E-state index is 11.6. The van der Waals surface area contributed by atoms with Crippen molar-refractivity contribution >= 4 is 28.1 Å². The normalized spacial score (nSPS) is 10.3. The van der Waals surface area contributed by atoms with Gasteiger partial charge in [-0.3, -0.25) is 4.79 Å². The number of aromatic nitrogens is 1. The maximum atomic E-state index is 11.6. The van der Waals surface area contributed by atoms with E-state index in [1.54, 1.807) is 7.05 Å². The van der Waals surface area contributed by atoms with Crippen molar-refractivity contribution in [3.63, 3.8) is 0 Å². The number of carbonyl (C=O) groups excluding carboxylic acids is 1. The van der Waals surface area contributed by atoms with Crippen LogP contribution in [0.15, 0.2) is 18.2 Å². The first-order valence-electron chi connectivity index (χ1n) is 6.05. The van der Waals surface area contributed by atoms with Crippen LogP contribution in [-0.2, 0) is 0 Å². The number of aryl methyl sites for hydroxylation is 3. The third-order valence-electron chi connectivity index (χ3n) is 2.99. The van der Waals surface area contributed by atoms with Crippen molar-refractivity contribution in [2.75, 3.05) is 12.4 Å². The molecule has 1 aromatic carbocycles. The van der Waals surface area contributed by atoms with Crippen LogP contribution in [0.1, 0.15) is 26.5 Å². The van der Waals surface area contributed by atoms with Gasteiger partial charge < -0.3 is 10.6 Å². The molecule has 5 heteroatoms. The van der Waals surface area contributed by atoms with E-state index in [1.807, 2.05) is 13.0 Å². The van der Waals surface area contributed by atoms with Gasteiger partial charge in [-0.2, -0.15) is 0 Å². The van der Waals surface area contributed by atoms with Crippen molar-refractivity contribution in [3.8, 4) is 0 Å². The lowest BCUT2D eigenvalue weighted by atomic mass is 10.1. The molecule has 4 nitrogen and oxygen atoms in total. The van der Waals surface area contributed by atoms with Crippen LogP contribution in [0.25, 0.3) is 0 Å². The van der Waals surface area contributed by atoms with Crippen LogP contribution >= 0.6 is 11.3 Å². The van der Waals surface area contributed by atoms with E-state index in [-0.39, 0.29) is 5.91 Å². The summed E-state index contributed by atoms with van der Waals surface area (Å²) in [6.07, 6.45) is 0. The molecule has 2 aromatic rings. The Morgan fingerprint density at radius 3 is 2.58 bits per heavy atom. The van der Waals surface area contributed by atoms with Gasteiger partial charge in [-0.15, -0.1) is 0 Å². The number of hydrogen-bond acceptors (Lipinski definition) is 4. The molecule has 0 atom stereocenters. The first-order valence-corrected chi connectivity index (χ1v) is 6.86. The number of benzene rings is 1. The van der Waals surface area contributed by atoms with Gasteiger partial charge in [-0.1, -0.05) is 17.4 Å². The van der Waals surface area contributed by atoms with Crippen molar-refractivity contribution in [2.24, 2.45) is 0 Å². The van der Waals surface area contributed by atoms with Gasteiger partial charge in [-0.25, -0.2) is 4.98 Å². The number of carbonyl (C=O) groups is 1. The van der Waals surface area contributed by atoms with Gasteiger partial charge in [0.15, 0.2) is 5.13 Å². The Morgan fingerprint density at radius 2 is 1.95 bits per heavy atom. The smallest absolute Gasteiger partial charge is 0.263 e. The van der Waals surface area contributed by atoms with Gasteiger partial charge in [-0.05, 0) is 44.0 Å². The summed E-state index contributed by atoms with van der Waals surface area (Å²) in [6.45, 7) is 5.99. The molecule has 0 saturated carbocycles. The second-order valence-electron chi connectivity index (χ2n) is 4.44. The fourth-order valence-electron chi connectivity index (χ4n) is 1.72. The Bertz CT molecular complexity index is 619. The van der Waals surface area contributed by atoms with E-state index in [2.05, 4.69) is 41.6 Å². The standard InChI is InChI=1S/C14H17N3OS/c1-8-5-6-11(7-9(8)2)17-14-16-10(3)12(19-14)13(18)15-4/h5-7H,1-4H3,(H,15,18)(H,16,17). The highest BCUT2D eigenvalue weighted by molar-refractivity contribution is 7.17. The Kier molecular flexibility index (Phi) is 3.85. The number of hydrogen-bond donors (Lipinski definition) is 2. The van der Waals surface area contributed by atoms with Gasteiger partial charge in [0.1, 0.15) is 4.88 Å². The number of nitrogens with one attached hydrogen (secondary N) is 2. The van der Waals surface area contributed by atoms with E-state index >= 15 is 0 Å². The fourth-order valence-corrected chi connectivity index (χ4v) is 2.65. The number of rotatable bonds is 3. The lowest BCUT2D eigenvalue weighted by Crippen LogP contribution is -2.17. The molecule has 19 heavy (non-hydrogen) atoms. The second-order valence-corrected chi connectivity index (χ2v) is 5.44. The number of nitrogens with zero attached hydrogens (tertiary/aromatic N) is 1. The van der Waals surface area contributed by atoms with Crippen molar-refractivity contribution in [1.82, 2.24) is 10.3 Å². The average molecular weight is 275 g/mol. The zero-order chi connectivity index (χ0) is 14.0. The summed E-state index contributed by atoms with van der Waals surface area (Å²) in [5.74, 6) is -0.0943. The van der Waals surface area contributed by atoms with E-state index in [0.29, 0.717) is 4.88 Å². The Hall–Kier alpha value is -1.88. The molecular weight excluding hydrogens is 258 g/mol. The van der Waals surface area contributed by atoms with E-state index < -0.39 is 0 Å². The summed E-state index contributed by atoms with van der Waals surface area (Å²) >= 11 is 1.36. The molecule has 1 aromatic heterocycles. The van der Waals surface area contributed by atoms with Crippen LogP contribution in [0.5, 0.6) is 0 Å². The summed E-state index contributed by atoms with van der Waals surface area (Å²) in [7, 11) is 1.62. The number of anilines is 2. The van der Waals surface area contributed by atoms with Crippen LogP contribution in [0.4, 0.5) is 10.8 Å². The largest absolute Gasteiger partial charge is 0.354 e. The molecule has 2 N–H and O–H groups in total. The summed E-state index contributed by atoms with van der Waals surface area (Å²) in [4.78, 5) is 16.7. The fraction of sp³-hybridized carbons (Fsp3) is 0.286. The minimum absolute atomic E-state index is 0.0943. The summed E-state index contributed by atoms with van der Waals surface area (Å²) in [5.41, 5.74) is 4.22. The van der Waals surface area contributed by atoms with Crippen LogP contribution < -0.4 is 10.6 Å². The molecule has 0 aliphatic rings. The lowest BCUT2D eigenvalue weighted by Gasteiger charge is -2.05. The molecule has 2 rings (SSSR count). The molecule has 0 aliphatic carbocycles. The maximum Gasteiger partial charge on any atom is 0.263 e. The Balaban J connectivity index is 2.24. The predicted molar refractivity (Wildman–Crippen MR) is 79.4 cm³/mol. The van der Waals surface area contributed by atoms with E-state index in [9.17, 15) is 4.79 Å². The summed E-state index contributed by atoms with van der Waals surface area (Å²) in [5, 5.41) is 6.59. The quantitative estimate of drug-likeness (QED) is 0.904. The van der Waals surface area contributed by atoms with Gasteiger partial charge >= 0.3 is 0 Å².